The Morgan fingerprint density at radius 1 is 1.18 bits per heavy atom. The highest BCUT2D eigenvalue weighted by molar-refractivity contribution is 9.10. The van der Waals surface area contributed by atoms with Crippen molar-refractivity contribution in [3.63, 3.8) is 0 Å². The summed E-state index contributed by atoms with van der Waals surface area (Å²) < 4.78 is 6.50. The Hall–Kier alpha value is -2.02. The van der Waals surface area contributed by atoms with Gasteiger partial charge < -0.3 is 10.1 Å². The maximum absolute atomic E-state index is 13.6. The fraction of sp³-hybridized carbons (Fsp3) is 0.333. The quantitative estimate of drug-likeness (QED) is 0.299. The number of esters is 1. The number of Topliss-reactive ketones (excluding diaryl/α,β-unsaturated/α-hetero) is 1. The fourth-order valence-electron chi connectivity index (χ4n) is 4.72. The van der Waals surface area contributed by atoms with Gasteiger partial charge in [-0.05, 0) is 54.3 Å². The molecule has 1 aliphatic heterocycles. The summed E-state index contributed by atoms with van der Waals surface area (Å²) in [4.78, 5) is 26.9. The maximum atomic E-state index is 13.6. The molecular formula is C27H27BrClNO3S. The highest BCUT2D eigenvalue weighted by atomic mass is 79.9. The van der Waals surface area contributed by atoms with Crippen LogP contribution in [-0.4, -0.2) is 29.9 Å². The van der Waals surface area contributed by atoms with Crippen LogP contribution in [0.5, 0.6) is 0 Å². The summed E-state index contributed by atoms with van der Waals surface area (Å²) in [6.07, 6.45) is 1.08. The van der Waals surface area contributed by atoms with Crippen LogP contribution in [0.25, 0.3) is 0 Å². The van der Waals surface area contributed by atoms with E-state index in [1.165, 1.54) is 0 Å². The van der Waals surface area contributed by atoms with Crippen molar-refractivity contribution in [3.8, 4) is 0 Å². The zero-order valence-electron chi connectivity index (χ0n) is 19.2. The molecule has 4 rings (SSSR count). The lowest BCUT2D eigenvalue weighted by Crippen LogP contribution is -2.36. The summed E-state index contributed by atoms with van der Waals surface area (Å²) in [5.74, 6) is 0.979. The molecule has 34 heavy (non-hydrogen) atoms. The van der Waals surface area contributed by atoms with Gasteiger partial charge in [0.25, 0.3) is 0 Å². The minimum absolute atomic E-state index is 0.0498. The molecule has 0 unspecified atom stereocenters. The number of benzene rings is 2. The molecule has 0 fully saturated rings. The van der Waals surface area contributed by atoms with Crippen molar-refractivity contribution in [1.29, 1.82) is 0 Å². The van der Waals surface area contributed by atoms with Crippen LogP contribution in [0.4, 0.5) is 0 Å². The summed E-state index contributed by atoms with van der Waals surface area (Å²) >= 11 is 11.4. The molecule has 1 aliphatic carbocycles. The molecular weight excluding hydrogens is 534 g/mol. The summed E-state index contributed by atoms with van der Waals surface area (Å²) in [6.45, 7) is 4.31. The van der Waals surface area contributed by atoms with Gasteiger partial charge in [-0.25, -0.2) is 4.79 Å². The van der Waals surface area contributed by atoms with Gasteiger partial charge in [-0.2, -0.15) is 11.8 Å². The second kappa shape index (κ2) is 11.1. The Balaban J connectivity index is 1.72. The first kappa shape index (κ1) is 25.1. The Morgan fingerprint density at radius 2 is 1.91 bits per heavy atom. The number of dihydropyridines is 1. The van der Waals surface area contributed by atoms with Crippen molar-refractivity contribution in [2.75, 3.05) is 18.1 Å². The number of hydrogen-bond donors (Lipinski definition) is 1. The number of ketones is 1. The summed E-state index contributed by atoms with van der Waals surface area (Å²) in [5, 5.41) is 4.08. The molecule has 2 aliphatic rings. The van der Waals surface area contributed by atoms with Gasteiger partial charge in [-0.15, -0.1) is 0 Å². The zero-order valence-corrected chi connectivity index (χ0v) is 22.4. The van der Waals surface area contributed by atoms with E-state index in [9.17, 15) is 9.59 Å². The zero-order chi connectivity index (χ0) is 24.2. The van der Waals surface area contributed by atoms with Gasteiger partial charge in [0.2, 0.25) is 0 Å². The van der Waals surface area contributed by atoms with Crippen molar-refractivity contribution in [3.05, 3.63) is 91.7 Å². The van der Waals surface area contributed by atoms with Crippen molar-refractivity contribution < 1.29 is 14.3 Å². The van der Waals surface area contributed by atoms with E-state index in [2.05, 4.69) is 28.2 Å². The first-order chi connectivity index (χ1) is 16.4. The standard InChI is InChI=1S/C27H27BrClNO3S/c1-3-34-13-12-33-27(32)24-16(2)30-22-14-18(17-8-10-19(29)11-9-17)15-23(31)26(22)25(24)20-6-4-5-7-21(20)28/h4-11,18,25,30H,3,12-15H2,1-2H3/t18-,25-/m0/s1. The monoisotopic (exact) mass is 559 g/mol. The lowest BCUT2D eigenvalue weighted by atomic mass is 9.72. The van der Waals surface area contributed by atoms with Crippen LogP contribution in [0.3, 0.4) is 0 Å². The van der Waals surface area contributed by atoms with Crippen LogP contribution < -0.4 is 5.32 Å². The van der Waals surface area contributed by atoms with E-state index in [0.29, 0.717) is 35.6 Å². The lowest BCUT2D eigenvalue weighted by Gasteiger charge is -2.37. The molecule has 2 aromatic carbocycles. The predicted molar refractivity (Wildman–Crippen MR) is 142 cm³/mol. The minimum Gasteiger partial charge on any atom is -0.461 e. The molecule has 7 heteroatoms. The number of ether oxygens (including phenoxy) is 1. The summed E-state index contributed by atoms with van der Waals surface area (Å²) in [6, 6.07) is 15.5. The second-order valence-corrected chi connectivity index (χ2v) is 11.1. The molecule has 2 aromatic rings. The number of carbonyl (C=O) groups excluding carboxylic acids is 2. The molecule has 0 amide bonds. The largest absolute Gasteiger partial charge is 0.461 e. The Kier molecular flexibility index (Phi) is 8.22. The molecule has 0 bridgehead atoms. The SMILES string of the molecule is CCSCCOC(=O)C1=C(C)NC2=C(C(=O)C[C@@H](c3ccc(Cl)cc3)C2)[C@H]1c1ccccc1Br. The van der Waals surface area contributed by atoms with Gasteiger partial charge in [-0.1, -0.05) is 64.8 Å². The molecule has 0 radical (unpaired) electrons. The van der Waals surface area contributed by atoms with Crippen LogP contribution in [0.15, 0.2) is 75.5 Å². The number of allylic oxidation sites excluding steroid dienone is 3. The van der Waals surface area contributed by atoms with Gasteiger partial charge in [-0.3, -0.25) is 4.79 Å². The van der Waals surface area contributed by atoms with Gasteiger partial charge >= 0.3 is 5.97 Å². The molecule has 1 N–H and O–H groups in total. The normalized spacial score (nSPS) is 20.2. The summed E-state index contributed by atoms with van der Waals surface area (Å²) in [5.41, 5.74) is 4.76. The van der Waals surface area contributed by atoms with E-state index in [4.69, 9.17) is 16.3 Å². The van der Waals surface area contributed by atoms with Crippen LogP contribution >= 0.6 is 39.3 Å². The van der Waals surface area contributed by atoms with Crippen LogP contribution in [0, 0.1) is 0 Å². The van der Waals surface area contributed by atoms with E-state index in [0.717, 1.165) is 38.5 Å². The maximum Gasteiger partial charge on any atom is 0.336 e. The number of rotatable bonds is 7. The minimum atomic E-state index is -0.475. The van der Waals surface area contributed by atoms with Crippen LogP contribution in [0.2, 0.25) is 5.02 Å². The van der Waals surface area contributed by atoms with Crippen molar-refractivity contribution in [1.82, 2.24) is 5.32 Å². The van der Waals surface area contributed by atoms with Crippen molar-refractivity contribution in [2.45, 2.75) is 38.5 Å². The third-order valence-corrected chi connectivity index (χ3v) is 8.11. The van der Waals surface area contributed by atoms with Crippen molar-refractivity contribution in [2.24, 2.45) is 0 Å². The topological polar surface area (TPSA) is 55.4 Å². The number of nitrogens with one attached hydrogen (secondary N) is 1. The van der Waals surface area contributed by atoms with E-state index < -0.39 is 5.92 Å². The molecule has 178 valence electrons. The number of hydrogen-bond acceptors (Lipinski definition) is 5. The van der Waals surface area contributed by atoms with Gasteiger partial charge in [0.05, 0.1) is 5.57 Å². The Morgan fingerprint density at radius 3 is 2.62 bits per heavy atom. The lowest BCUT2D eigenvalue weighted by molar-refractivity contribution is -0.138. The number of carbonyl (C=O) groups is 2. The fourth-order valence-corrected chi connectivity index (χ4v) is 5.85. The van der Waals surface area contributed by atoms with Gasteiger partial charge in [0.1, 0.15) is 6.61 Å². The second-order valence-electron chi connectivity index (χ2n) is 8.42. The van der Waals surface area contributed by atoms with E-state index >= 15 is 0 Å². The van der Waals surface area contributed by atoms with Crippen LogP contribution in [-0.2, 0) is 14.3 Å². The van der Waals surface area contributed by atoms with Crippen LogP contribution in [0.1, 0.15) is 49.7 Å². The third-order valence-electron chi connectivity index (χ3n) is 6.27. The highest BCUT2D eigenvalue weighted by Crippen LogP contribution is 2.47. The molecule has 0 saturated heterocycles. The first-order valence-electron chi connectivity index (χ1n) is 11.4. The Labute approximate surface area is 218 Å². The van der Waals surface area contributed by atoms with Gasteiger partial charge in [0.15, 0.2) is 5.78 Å². The molecule has 0 aromatic heterocycles. The van der Waals surface area contributed by atoms with E-state index in [1.54, 1.807) is 11.8 Å². The van der Waals surface area contributed by atoms with E-state index in [1.807, 2.05) is 55.5 Å². The smallest absolute Gasteiger partial charge is 0.336 e. The van der Waals surface area contributed by atoms with Crippen molar-refractivity contribution >= 4 is 51.0 Å². The third kappa shape index (κ3) is 5.29. The highest BCUT2D eigenvalue weighted by Gasteiger charge is 2.42. The predicted octanol–water partition coefficient (Wildman–Crippen LogP) is 6.76. The molecule has 0 spiro atoms. The molecule has 2 atom stereocenters. The molecule has 4 nitrogen and oxygen atoms in total. The Bertz CT molecular complexity index is 1160. The van der Waals surface area contributed by atoms with E-state index in [-0.39, 0.29) is 17.7 Å². The molecule has 0 saturated carbocycles. The number of halogens is 2. The summed E-state index contributed by atoms with van der Waals surface area (Å²) in [7, 11) is 0. The van der Waals surface area contributed by atoms with Gasteiger partial charge in [0, 0.05) is 44.6 Å². The number of thioether (sulfide) groups is 1. The average molecular weight is 561 g/mol. The molecule has 1 heterocycles. The first-order valence-corrected chi connectivity index (χ1v) is 13.7. The average Bonchev–Trinajstić information content (AvgIpc) is 2.81.